The van der Waals surface area contributed by atoms with Crippen molar-refractivity contribution in [3.8, 4) is 11.9 Å². The summed E-state index contributed by atoms with van der Waals surface area (Å²) >= 11 is 0. The quantitative estimate of drug-likeness (QED) is 0.693. The number of nitrogens with two attached hydrogens (primary N) is 1. The molecule has 1 atom stereocenters. The minimum absolute atomic E-state index is 0.0493. The highest BCUT2D eigenvalue weighted by Gasteiger charge is 2.20. The number of halogens is 1. The van der Waals surface area contributed by atoms with Crippen LogP contribution in [0, 0.1) is 11.3 Å². The lowest BCUT2D eigenvalue weighted by Gasteiger charge is -2.17. The molecule has 1 heterocycles. The molecule has 0 aliphatic heterocycles. The number of benzene rings is 1. The Bertz CT molecular complexity index is 836. The lowest BCUT2D eigenvalue weighted by Crippen LogP contribution is -2.32. The van der Waals surface area contributed by atoms with Crippen LogP contribution in [0.25, 0.3) is 0 Å². The summed E-state index contributed by atoms with van der Waals surface area (Å²) in [5.41, 5.74) is 6.62. The van der Waals surface area contributed by atoms with Crippen molar-refractivity contribution < 1.29 is 13.9 Å². The fourth-order valence-electron chi connectivity index (χ4n) is 2.16. The van der Waals surface area contributed by atoms with Gasteiger partial charge in [0, 0.05) is 5.69 Å². The Balaban J connectivity index is 2.17. The van der Waals surface area contributed by atoms with E-state index in [1.54, 1.807) is 38.1 Å². The first kappa shape index (κ1) is 18.9. The molecule has 1 amide bonds. The minimum Gasteiger partial charge on any atom is -0.477 e. The number of nitrogen functional groups attached to an aromatic ring is 1. The number of amides is 1. The number of alkyl halides is 1. The molecule has 26 heavy (non-hydrogen) atoms. The molecule has 0 saturated heterocycles. The molecule has 4 N–H and O–H groups in total. The monoisotopic (exact) mass is 358 g/mol. The van der Waals surface area contributed by atoms with Gasteiger partial charge in [-0.3, -0.25) is 4.79 Å². The first-order valence-corrected chi connectivity index (χ1v) is 7.91. The summed E-state index contributed by atoms with van der Waals surface area (Å²) in [6.07, 6.45) is 0. The lowest BCUT2D eigenvalue weighted by molar-refractivity contribution is -0.116. The third kappa shape index (κ3) is 4.57. The van der Waals surface area contributed by atoms with Gasteiger partial charge in [0.15, 0.2) is 11.4 Å². The van der Waals surface area contributed by atoms with Crippen molar-refractivity contribution >= 4 is 23.4 Å². The number of hydrogen-bond acceptors (Lipinski definition) is 7. The van der Waals surface area contributed by atoms with Crippen LogP contribution in [0.15, 0.2) is 24.3 Å². The van der Waals surface area contributed by atoms with Crippen LogP contribution in [0.3, 0.4) is 0 Å². The molecule has 0 fully saturated rings. The van der Waals surface area contributed by atoms with E-state index in [4.69, 9.17) is 10.5 Å². The number of ether oxygens (including phenoxy) is 1. The number of carbonyl (C=O) groups is 1. The van der Waals surface area contributed by atoms with Crippen molar-refractivity contribution in [3.63, 3.8) is 0 Å². The molecule has 2 rings (SSSR count). The molecule has 1 aromatic carbocycles. The van der Waals surface area contributed by atoms with Crippen molar-refractivity contribution in [1.82, 2.24) is 9.97 Å². The Morgan fingerprint density at radius 1 is 1.46 bits per heavy atom. The summed E-state index contributed by atoms with van der Waals surface area (Å²) in [6, 6.07) is 7.66. The van der Waals surface area contributed by atoms with Gasteiger partial charge < -0.3 is 21.1 Å². The van der Waals surface area contributed by atoms with Crippen molar-refractivity contribution in [3.05, 3.63) is 35.4 Å². The second-order valence-corrected chi connectivity index (χ2v) is 5.34. The van der Waals surface area contributed by atoms with E-state index in [2.05, 4.69) is 20.6 Å². The molecule has 0 saturated carbocycles. The predicted octanol–water partition coefficient (Wildman–Crippen LogP) is 2.24. The highest BCUT2D eigenvalue weighted by atomic mass is 19.1. The molecular weight excluding hydrogens is 339 g/mol. The zero-order valence-corrected chi connectivity index (χ0v) is 14.4. The average Bonchev–Trinajstić information content (AvgIpc) is 2.62. The zero-order valence-electron chi connectivity index (χ0n) is 14.4. The van der Waals surface area contributed by atoms with E-state index in [0.29, 0.717) is 17.9 Å². The number of carbonyl (C=O) groups excluding carboxylic acids is 1. The van der Waals surface area contributed by atoms with E-state index in [-0.39, 0.29) is 29.1 Å². The van der Waals surface area contributed by atoms with Crippen molar-refractivity contribution in [2.75, 3.05) is 23.0 Å². The first-order chi connectivity index (χ1) is 12.5. The highest BCUT2D eigenvalue weighted by Crippen LogP contribution is 2.24. The van der Waals surface area contributed by atoms with Crippen LogP contribution in [0.2, 0.25) is 0 Å². The fraction of sp³-hybridized carbons (Fsp3) is 0.294. The van der Waals surface area contributed by atoms with Gasteiger partial charge in [0.1, 0.15) is 18.8 Å². The predicted molar refractivity (Wildman–Crippen MR) is 95.3 cm³/mol. The fourth-order valence-corrected chi connectivity index (χ4v) is 2.16. The van der Waals surface area contributed by atoms with E-state index < -0.39 is 12.7 Å². The summed E-state index contributed by atoms with van der Waals surface area (Å²) in [5.74, 6) is -0.324. The maximum absolute atomic E-state index is 12.7. The Labute approximate surface area is 150 Å². The van der Waals surface area contributed by atoms with Gasteiger partial charge in [0.2, 0.25) is 17.7 Å². The van der Waals surface area contributed by atoms with E-state index >= 15 is 0 Å². The van der Waals surface area contributed by atoms with E-state index in [0.717, 1.165) is 0 Å². The number of anilines is 3. The van der Waals surface area contributed by atoms with Gasteiger partial charge in [-0.05, 0) is 31.5 Å². The Morgan fingerprint density at radius 3 is 2.88 bits per heavy atom. The van der Waals surface area contributed by atoms with Gasteiger partial charge in [0.05, 0.1) is 6.61 Å². The lowest BCUT2D eigenvalue weighted by atomic mass is 10.2. The van der Waals surface area contributed by atoms with Crippen LogP contribution in [0.4, 0.5) is 21.8 Å². The maximum atomic E-state index is 12.7. The van der Waals surface area contributed by atoms with Crippen LogP contribution < -0.4 is 21.1 Å². The Hall–Kier alpha value is -3.41. The second kappa shape index (κ2) is 8.62. The van der Waals surface area contributed by atoms with Crippen molar-refractivity contribution in [1.29, 1.82) is 5.26 Å². The number of aromatic nitrogens is 2. The maximum Gasteiger partial charge on any atom is 0.246 e. The summed E-state index contributed by atoms with van der Waals surface area (Å²) in [5, 5.41) is 14.8. The molecule has 0 aliphatic rings. The SMILES string of the molecule is CCOc1nc(N)nc(N[C@@H](C)C(=O)Nc2cccc(CF)c2)c1C#N. The molecule has 2 aromatic rings. The van der Waals surface area contributed by atoms with E-state index in [1.165, 1.54) is 0 Å². The molecule has 0 radical (unpaired) electrons. The normalized spacial score (nSPS) is 11.3. The zero-order chi connectivity index (χ0) is 19.1. The van der Waals surface area contributed by atoms with Gasteiger partial charge in [-0.25, -0.2) is 4.39 Å². The van der Waals surface area contributed by atoms with Crippen LogP contribution in [0.1, 0.15) is 25.0 Å². The van der Waals surface area contributed by atoms with Crippen LogP contribution >= 0.6 is 0 Å². The molecule has 0 bridgehead atoms. The standard InChI is InChI=1S/C17H19FN6O2/c1-3-26-16-13(9-19)14(23-17(20)24-16)21-10(2)15(25)22-12-6-4-5-11(7-12)8-18/h4-7,10H,3,8H2,1-2H3,(H,22,25)(H3,20,21,23,24)/t10-/m0/s1. The number of nitriles is 1. The van der Waals surface area contributed by atoms with Gasteiger partial charge in [0.25, 0.3) is 0 Å². The van der Waals surface area contributed by atoms with E-state index in [9.17, 15) is 14.4 Å². The number of nitrogens with one attached hydrogen (secondary N) is 2. The van der Waals surface area contributed by atoms with Crippen molar-refractivity contribution in [2.24, 2.45) is 0 Å². The van der Waals surface area contributed by atoms with Gasteiger partial charge in [-0.2, -0.15) is 15.2 Å². The third-order valence-electron chi connectivity index (χ3n) is 3.38. The summed E-state index contributed by atoms with van der Waals surface area (Å²) < 4.78 is 18.0. The molecule has 9 heteroatoms. The van der Waals surface area contributed by atoms with Crippen molar-refractivity contribution in [2.45, 2.75) is 26.6 Å². The minimum atomic E-state index is -0.750. The summed E-state index contributed by atoms with van der Waals surface area (Å²) in [4.78, 5) is 20.2. The molecule has 136 valence electrons. The smallest absolute Gasteiger partial charge is 0.246 e. The summed E-state index contributed by atoms with van der Waals surface area (Å²) in [6.45, 7) is 3.01. The Kier molecular flexibility index (Phi) is 6.27. The van der Waals surface area contributed by atoms with E-state index in [1.807, 2.05) is 6.07 Å². The van der Waals surface area contributed by atoms with Gasteiger partial charge in [-0.15, -0.1) is 0 Å². The molecule has 0 spiro atoms. The largest absolute Gasteiger partial charge is 0.477 e. The molecular formula is C17H19FN6O2. The topological polar surface area (TPSA) is 126 Å². The average molecular weight is 358 g/mol. The number of rotatable bonds is 7. The van der Waals surface area contributed by atoms with Crippen LogP contribution in [-0.2, 0) is 11.5 Å². The van der Waals surface area contributed by atoms with Gasteiger partial charge >= 0.3 is 0 Å². The highest BCUT2D eigenvalue weighted by molar-refractivity contribution is 5.96. The molecule has 1 aromatic heterocycles. The van der Waals surface area contributed by atoms with Crippen LogP contribution in [-0.4, -0.2) is 28.5 Å². The molecule has 0 unspecified atom stereocenters. The number of hydrogen-bond donors (Lipinski definition) is 3. The number of nitrogens with zero attached hydrogens (tertiary/aromatic N) is 3. The van der Waals surface area contributed by atoms with Crippen LogP contribution in [0.5, 0.6) is 5.88 Å². The Morgan fingerprint density at radius 2 is 2.23 bits per heavy atom. The first-order valence-electron chi connectivity index (χ1n) is 7.91. The third-order valence-corrected chi connectivity index (χ3v) is 3.38. The second-order valence-electron chi connectivity index (χ2n) is 5.34. The molecule has 8 nitrogen and oxygen atoms in total. The molecule has 0 aliphatic carbocycles. The van der Waals surface area contributed by atoms with Gasteiger partial charge in [-0.1, -0.05) is 12.1 Å². The summed E-state index contributed by atoms with van der Waals surface area (Å²) in [7, 11) is 0.